The molecule has 1 aromatic rings. The molecule has 0 N–H and O–H groups in total. The number of pyridine rings is 1. The summed E-state index contributed by atoms with van der Waals surface area (Å²) in [7, 11) is -3.60. The van der Waals surface area contributed by atoms with Crippen LogP contribution in [0.15, 0.2) is 31.0 Å². The predicted molar refractivity (Wildman–Crippen MR) is 59.9 cm³/mol. The Kier molecular flexibility index (Phi) is 2.51. The van der Waals surface area contributed by atoms with Crippen molar-refractivity contribution in [1.82, 2.24) is 4.98 Å². The second-order valence-corrected chi connectivity index (χ2v) is 5.27. The molecule has 16 heavy (non-hydrogen) atoms. The summed E-state index contributed by atoms with van der Waals surface area (Å²) in [5.74, 6) is -0.721. The number of carbonyl (C=O) groups excluding carboxylic acids is 1. The van der Waals surface area contributed by atoms with Gasteiger partial charge in [0, 0.05) is 6.20 Å². The van der Waals surface area contributed by atoms with Gasteiger partial charge in [-0.1, -0.05) is 6.08 Å². The number of sulfonamides is 1. The SMILES string of the molecule is C=CCN1c2ncccc2C(=O)CS1(=O)=O. The lowest BCUT2D eigenvalue weighted by molar-refractivity contribution is 0.101. The van der Waals surface area contributed by atoms with Gasteiger partial charge in [-0.3, -0.25) is 4.79 Å². The van der Waals surface area contributed by atoms with E-state index in [0.717, 1.165) is 4.31 Å². The maximum atomic E-state index is 11.8. The minimum Gasteiger partial charge on any atom is -0.293 e. The van der Waals surface area contributed by atoms with Gasteiger partial charge >= 0.3 is 0 Å². The summed E-state index contributed by atoms with van der Waals surface area (Å²) in [6.07, 6.45) is 2.93. The van der Waals surface area contributed by atoms with Gasteiger partial charge in [0.15, 0.2) is 11.6 Å². The highest BCUT2D eigenvalue weighted by molar-refractivity contribution is 7.93. The quantitative estimate of drug-likeness (QED) is 0.708. The fourth-order valence-corrected chi connectivity index (χ4v) is 2.97. The second-order valence-electron chi connectivity index (χ2n) is 3.37. The molecule has 0 radical (unpaired) electrons. The third-order valence-electron chi connectivity index (χ3n) is 2.27. The fraction of sp³-hybridized carbons (Fsp3) is 0.200. The molecule has 2 rings (SSSR count). The Morgan fingerprint density at radius 1 is 1.56 bits per heavy atom. The molecule has 0 saturated heterocycles. The van der Waals surface area contributed by atoms with Gasteiger partial charge in [-0.2, -0.15) is 0 Å². The number of fused-ring (bicyclic) bond motifs is 1. The van der Waals surface area contributed by atoms with Crippen LogP contribution in [0.1, 0.15) is 10.4 Å². The van der Waals surface area contributed by atoms with E-state index in [2.05, 4.69) is 11.6 Å². The summed E-state index contributed by atoms with van der Waals surface area (Å²) in [5, 5.41) is 0. The average Bonchev–Trinajstić information content (AvgIpc) is 2.23. The fourth-order valence-electron chi connectivity index (χ4n) is 1.58. The number of aromatic nitrogens is 1. The smallest absolute Gasteiger partial charge is 0.244 e. The molecule has 0 atom stereocenters. The van der Waals surface area contributed by atoms with Crippen LogP contribution in [0.2, 0.25) is 0 Å². The van der Waals surface area contributed by atoms with Crippen LogP contribution in [-0.4, -0.2) is 31.5 Å². The summed E-state index contributed by atoms with van der Waals surface area (Å²) in [6.45, 7) is 3.62. The first-order valence-electron chi connectivity index (χ1n) is 4.66. The molecule has 0 aliphatic carbocycles. The Morgan fingerprint density at radius 2 is 2.31 bits per heavy atom. The Hall–Kier alpha value is -1.69. The Bertz CT molecular complexity index is 551. The number of carbonyl (C=O) groups is 1. The maximum absolute atomic E-state index is 11.8. The van der Waals surface area contributed by atoms with Crippen molar-refractivity contribution in [3.63, 3.8) is 0 Å². The summed E-state index contributed by atoms with van der Waals surface area (Å²) in [6, 6.07) is 3.19. The van der Waals surface area contributed by atoms with Gasteiger partial charge in [0.2, 0.25) is 10.0 Å². The summed E-state index contributed by atoms with van der Waals surface area (Å²) >= 11 is 0. The number of Topliss-reactive ketones (excluding diaryl/α,β-unsaturated/α-hetero) is 1. The molecule has 1 aliphatic rings. The number of rotatable bonds is 2. The van der Waals surface area contributed by atoms with Crippen molar-refractivity contribution in [2.24, 2.45) is 0 Å². The van der Waals surface area contributed by atoms with Crippen molar-refractivity contribution < 1.29 is 13.2 Å². The van der Waals surface area contributed by atoms with Crippen LogP contribution in [-0.2, 0) is 10.0 Å². The number of ketones is 1. The molecule has 1 aliphatic heterocycles. The van der Waals surface area contributed by atoms with Crippen LogP contribution < -0.4 is 4.31 Å². The largest absolute Gasteiger partial charge is 0.293 e. The molecule has 84 valence electrons. The van der Waals surface area contributed by atoms with Crippen LogP contribution in [0.5, 0.6) is 0 Å². The van der Waals surface area contributed by atoms with Gasteiger partial charge < -0.3 is 0 Å². The number of nitrogens with zero attached hydrogens (tertiary/aromatic N) is 2. The number of hydrogen-bond acceptors (Lipinski definition) is 4. The van der Waals surface area contributed by atoms with Crippen LogP contribution >= 0.6 is 0 Å². The molecular formula is C10H10N2O3S. The second kappa shape index (κ2) is 3.71. The van der Waals surface area contributed by atoms with E-state index >= 15 is 0 Å². The summed E-state index contributed by atoms with van der Waals surface area (Å²) in [4.78, 5) is 15.5. The van der Waals surface area contributed by atoms with Gasteiger partial charge in [-0.05, 0) is 12.1 Å². The first kappa shape index (κ1) is 10.8. The van der Waals surface area contributed by atoms with E-state index in [1.165, 1.54) is 12.3 Å². The molecule has 6 heteroatoms. The van der Waals surface area contributed by atoms with Crippen LogP contribution in [0.3, 0.4) is 0 Å². The molecule has 2 heterocycles. The topological polar surface area (TPSA) is 67.3 Å². The zero-order valence-electron chi connectivity index (χ0n) is 8.46. The monoisotopic (exact) mass is 238 g/mol. The van der Waals surface area contributed by atoms with Crippen molar-refractivity contribution in [3.8, 4) is 0 Å². The lowest BCUT2D eigenvalue weighted by atomic mass is 10.2. The summed E-state index contributed by atoms with van der Waals surface area (Å²) < 4.78 is 24.6. The first-order valence-corrected chi connectivity index (χ1v) is 6.26. The third-order valence-corrected chi connectivity index (χ3v) is 3.89. The Labute approximate surface area is 93.5 Å². The predicted octanol–water partition coefficient (Wildman–Crippen LogP) is 0.600. The Balaban J connectivity index is 2.63. The highest BCUT2D eigenvalue weighted by Gasteiger charge is 2.34. The van der Waals surface area contributed by atoms with Crippen LogP contribution in [0.4, 0.5) is 5.82 Å². The van der Waals surface area contributed by atoms with E-state index in [9.17, 15) is 13.2 Å². The summed E-state index contributed by atoms with van der Waals surface area (Å²) in [5.41, 5.74) is 0.346. The van der Waals surface area contributed by atoms with Crippen molar-refractivity contribution in [1.29, 1.82) is 0 Å². The van der Waals surface area contributed by atoms with Crippen molar-refractivity contribution in [2.75, 3.05) is 16.6 Å². The van der Waals surface area contributed by atoms with E-state index in [0.29, 0.717) is 5.56 Å². The van der Waals surface area contributed by atoms with Gasteiger partial charge in [0.1, 0.15) is 5.75 Å². The standard InChI is InChI=1S/C10H10N2O3S/c1-2-6-12-10-8(4-3-5-11-10)9(13)7-16(12,14)15/h2-5H,1,6-7H2. The van der Waals surface area contributed by atoms with E-state index in [-0.39, 0.29) is 12.4 Å². The third kappa shape index (κ3) is 1.61. The molecule has 0 unspecified atom stereocenters. The zero-order chi connectivity index (χ0) is 11.8. The lowest BCUT2D eigenvalue weighted by Gasteiger charge is -2.27. The van der Waals surface area contributed by atoms with Gasteiger partial charge in [-0.25, -0.2) is 17.7 Å². The van der Waals surface area contributed by atoms with E-state index in [1.54, 1.807) is 12.1 Å². The number of anilines is 1. The molecule has 1 aromatic heterocycles. The van der Waals surface area contributed by atoms with Crippen LogP contribution in [0.25, 0.3) is 0 Å². The average molecular weight is 238 g/mol. The lowest BCUT2D eigenvalue weighted by Crippen LogP contribution is -2.41. The van der Waals surface area contributed by atoms with Crippen molar-refractivity contribution in [3.05, 3.63) is 36.5 Å². The van der Waals surface area contributed by atoms with Crippen molar-refractivity contribution >= 4 is 21.6 Å². The molecule has 0 amide bonds. The van der Waals surface area contributed by atoms with Crippen molar-refractivity contribution in [2.45, 2.75) is 0 Å². The molecule has 0 bridgehead atoms. The molecular weight excluding hydrogens is 228 g/mol. The Morgan fingerprint density at radius 3 is 3.00 bits per heavy atom. The minimum absolute atomic E-state index is 0.125. The van der Waals surface area contributed by atoms with Gasteiger partial charge in [0.05, 0.1) is 12.1 Å². The zero-order valence-corrected chi connectivity index (χ0v) is 9.27. The van der Waals surface area contributed by atoms with Gasteiger partial charge in [-0.15, -0.1) is 6.58 Å². The van der Waals surface area contributed by atoms with Crippen LogP contribution in [0, 0.1) is 0 Å². The number of hydrogen-bond donors (Lipinski definition) is 0. The maximum Gasteiger partial charge on any atom is 0.244 e. The molecule has 5 nitrogen and oxygen atoms in total. The first-order chi connectivity index (χ1) is 7.56. The minimum atomic E-state index is -3.60. The highest BCUT2D eigenvalue weighted by Crippen LogP contribution is 2.26. The highest BCUT2D eigenvalue weighted by atomic mass is 32.2. The van der Waals surface area contributed by atoms with E-state index in [4.69, 9.17) is 0 Å². The van der Waals surface area contributed by atoms with Gasteiger partial charge in [0.25, 0.3) is 0 Å². The molecule has 0 spiro atoms. The molecule has 0 fully saturated rings. The molecule has 0 aromatic carbocycles. The van der Waals surface area contributed by atoms with E-state index < -0.39 is 21.6 Å². The molecule has 0 saturated carbocycles. The normalized spacial score (nSPS) is 18.0. The van der Waals surface area contributed by atoms with E-state index in [1.807, 2.05) is 0 Å².